The van der Waals surface area contributed by atoms with Gasteiger partial charge >= 0.3 is 0 Å². The van der Waals surface area contributed by atoms with Gasteiger partial charge in [-0.2, -0.15) is 4.98 Å². The van der Waals surface area contributed by atoms with Crippen LogP contribution in [0.3, 0.4) is 0 Å². The van der Waals surface area contributed by atoms with Crippen molar-refractivity contribution in [2.45, 2.75) is 24.8 Å². The van der Waals surface area contributed by atoms with Crippen molar-refractivity contribution in [3.05, 3.63) is 111 Å². The van der Waals surface area contributed by atoms with E-state index in [2.05, 4.69) is 58.1 Å². The fourth-order valence-corrected chi connectivity index (χ4v) is 5.13. The van der Waals surface area contributed by atoms with Crippen molar-refractivity contribution in [3.8, 4) is 0 Å². The molecule has 0 unspecified atom stereocenters. The molecule has 4 aromatic rings. The highest BCUT2D eigenvalue weighted by Crippen LogP contribution is 2.47. The molecular weight excluding hydrogens is 332 g/mol. The summed E-state index contributed by atoms with van der Waals surface area (Å²) in [7, 11) is 0. The summed E-state index contributed by atoms with van der Waals surface area (Å²) in [5.41, 5.74) is 5.98. The van der Waals surface area contributed by atoms with Crippen LogP contribution in [0, 0.1) is 0 Å². The van der Waals surface area contributed by atoms with Gasteiger partial charge in [0.1, 0.15) is 5.82 Å². The Labute approximate surface area is 156 Å². The van der Waals surface area contributed by atoms with Crippen LogP contribution in [-0.4, -0.2) is 9.55 Å². The molecule has 130 valence electrons. The average Bonchev–Trinajstić information content (AvgIpc) is 3.10. The van der Waals surface area contributed by atoms with Crippen molar-refractivity contribution in [2.24, 2.45) is 0 Å². The lowest BCUT2D eigenvalue weighted by Crippen LogP contribution is -2.40. The lowest BCUT2D eigenvalue weighted by Gasteiger charge is -2.38. The molecule has 2 heterocycles. The standard InChI is InChI=1S/C24H18N2O/c27-22-19-10-4-6-12-21(19)26-15-18-9-3-5-11-20(18)24(23(26)25-22)13-16-7-1-2-8-17(16)14-24/h1-12H,13-15H2. The van der Waals surface area contributed by atoms with Gasteiger partial charge in [0.15, 0.2) is 0 Å². The van der Waals surface area contributed by atoms with Crippen LogP contribution in [0.4, 0.5) is 0 Å². The second kappa shape index (κ2) is 5.17. The molecule has 3 heteroatoms. The molecule has 0 N–H and O–H groups in total. The molecule has 1 aromatic heterocycles. The van der Waals surface area contributed by atoms with Gasteiger partial charge in [0, 0.05) is 6.54 Å². The minimum absolute atomic E-state index is 0.119. The number of aromatic nitrogens is 2. The monoisotopic (exact) mass is 350 g/mol. The van der Waals surface area contributed by atoms with Gasteiger partial charge in [0.2, 0.25) is 0 Å². The van der Waals surface area contributed by atoms with E-state index in [-0.39, 0.29) is 11.0 Å². The summed E-state index contributed by atoms with van der Waals surface area (Å²) >= 11 is 0. The van der Waals surface area contributed by atoms with Crippen LogP contribution in [0.1, 0.15) is 28.1 Å². The van der Waals surface area contributed by atoms with Gasteiger partial charge in [-0.1, -0.05) is 60.7 Å². The highest BCUT2D eigenvalue weighted by molar-refractivity contribution is 5.79. The Hall–Kier alpha value is -3.20. The van der Waals surface area contributed by atoms with Crippen molar-refractivity contribution in [3.63, 3.8) is 0 Å². The maximum atomic E-state index is 12.9. The largest absolute Gasteiger partial charge is 0.324 e. The molecule has 1 aliphatic carbocycles. The van der Waals surface area contributed by atoms with Crippen molar-refractivity contribution >= 4 is 10.9 Å². The quantitative estimate of drug-likeness (QED) is 0.483. The van der Waals surface area contributed by atoms with Crippen LogP contribution in [0.5, 0.6) is 0 Å². The van der Waals surface area contributed by atoms with Crippen molar-refractivity contribution in [1.82, 2.24) is 9.55 Å². The Morgan fingerprint density at radius 1 is 0.778 bits per heavy atom. The van der Waals surface area contributed by atoms with Gasteiger partial charge in [0.25, 0.3) is 5.56 Å². The molecule has 0 bridgehead atoms. The molecule has 3 nitrogen and oxygen atoms in total. The van der Waals surface area contributed by atoms with Gasteiger partial charge in [-0.15, -0.1) is 0 Å². The Balaban J connectivity index is 1.72. The molecule has 1 aliphatic heterocycles. The molecule has 0 saturated carbocycles. The zero-order chi connectivity index (χ0) is 18.0. The van der Waals surface area contributed by atoms with Crippen molar-refractivity contribution in [1.29, 1.82) is 0 Å². The smallest absolute Gasteiger partial charge is 0.280 e. The molecule has 3 aromatic carbocycles. The Kier molecular flexibility index (Phi) is 2.85. The van der Waals surface area contributed by atoms with Gasteiger partial charge in [-0.3, -0.25) is 4.79 Å². The number of benzene rings is 3. The summed E-state index contributed by atoms with van der Waals surface area (Å²) in [4.78, 5) is 17.5. The van der Waals surface area contributed by atoms with E-state index >= 15 is 0 Å². The average molecular weight is 350 g/mol. The Morgan fingerprint density at radius 3 is 2.19 bits per heavy atom. The van der Waals surface area contributed by atoms with Crippen LogP contribution in [0.2, 0.25) is 0 Å². The van der Waals surface area contributed by atoms with E-state index in [0.717, 1.165) is 30.7 Å². The second-order valence-corrected chi connectivity index (χ2v) is 7.71. The van der Waals surface area contributed by atoms with Crippen molar-refractivity contribution < 1.29 is 0 Å². The summed E-state index contributed by atoms with van der Waals surface area (Å²) in [6.07, 6.45) is 1.79. The predicted molar refractivity (Wildman–Crippen MR) is 106 cm³/mol. The molecule has 6 rings (SSSR count). The number of nitrogens with zero attached hydrogens (tertiary/aromatic N) is 2. The lowest BCUT2D eigenvalue weighted by molar-refractivity contribution is 0.449. The van der Waals surface area contributed by atoms with Gasteiger partial charge in [0.05, 0.1) is 16.3 Å². The summed E-state index contributed by atoms with van der Waals surface area (Å²) in [6, 6.07) is 25.1. The summed E-state index contributed by atoms with van der Waals surface area (Å²) in [6.45, 7) is 0.761. The van der Waals surface area contributed by atoms with E-state index in [4.69, 9.17) is 0 Å². The minimum Gasteiger partial charge on any atom is -0.324 e. The first-order chi connectivity index (χ1) is 13.3. The Bertz CT molecular complexity index is 1260. The molecule has 1 spiro atoms. The van der Waals surface area contributed by atoms with Crippen LogP contribution in [0.15, 0.2) is 77.6 Å². The van der Waals surface area contributed by atoms with Crippen LogP contribution in [0.25, 0.3) is 10.9 Å². The number of rotatable bonds is 0. The molecule has 27 heavy (non-hydrogen) atoms. The second-order valence-electron chi connectivity index (χ2n) is 7.71. The minimum atomic E-state index is -0.262. The number of hydrogen-bond donors (Lipinski definition) is 0. The molecule has 0 atom stereocenters. The molecule has 0 radical (unpaired) electrons. The molecule has 0 saturated heterocycles. The number of fused-ring (bicyclic) bond motifs is 7. The zero-order valence-corrected chi connectivity index (χ0v) is 14.9. The number of para-hydroxylation sites is 1. The first-order valence-corrected chi connectivity index (χ1v) is 9.41. The zero-order valence-electron chi connectivity index (χ0n) is 14.9. The molecular formula is C24H18N2O. The summed E-state index contributed by atoms with van der Waals surface area (Å²) in [5.74, 6) is 0.918. The third kappa shape index (κ3) is 1.91. The normalized spacial score (nSPS) is 16.1. The van der Waals surface area contributed by atoms with Gasteiger partial charge < -0.3 is 4.57 Å². The van der Waals surface area contributed by atoms with Crippen LogP contribution >= 0.6 is 0 Å². The molecule has 2 aliphatic rings. The third-order valence-corrected chi connectivity index (χ3v) is 6.28. The van der Waals surface area contributed by atoms with Crippen LogP contribution in [-0.2, 0) is 24.8 Å². The first kappa shape index (κ1) is 14.9. The SMILES string of the molecule is O=c1nc2n(c3ccccc13)Cc1ccccc1C21Cc2ccccc2C1. The van der Waals surface area contributed by atoms with Gasteiger partial charge in [-0.05, 0) is 47.2 Å². The van der Waals surface area contributed by atoms with E-state index in [0.29, 0.717) is 5.39 Å². The van der Waals surface area contributed by atoms with E-state index in [1.54, 1.807) is 0 Å². The first-order valence-electron chi connectivity index (χ1n) is 9.41. The van der Waals surface area contributed by atoms with Gasteiger partial charge in [-0.25, -0.2) is 0 Å². The fraction of sp³-hybridized carbons (Fsp3) is 0.167. The van der Waals surface area contributed by atoms with E-state index in [1.807, 2.05) is 24.3 Å². The molecule has 0 amide bonds. The highest BCUT2D eigenvalue weighted by Gasteiger charge is 2.47. The lowest BCUT2D eigenvalue weighted by atomic mass is 9.72. The maximum absolute atomic E-state index is 12.9. The summed E-state index contributed by atoms with van der Waals surface area (Å²) < 4.78 is 2.27. The maximum Gasteiger partial charge on any atom is 0.280 e. The van der Waals surface area contributed by atoms with E-state index in [9.17, 15) is 4.79 Å². The highest BCUT2D eigenvalue weighted by atomic mass is 16.1. The van der Waals surface area contributed by atoms with Crippen LogP contribution < -0.4 is 5.56 Å². The fourth-order valence-electron chi connectivity index (χ4n) is 5.13. The summed E-state index contributed by atoms with van der Waals surface area (Å²) in [5, 5.41) is 0.700. The van der Waals surface area contributed by atoms with Crippen molar-refractivity contribution in [2.75, 3.05) is 0 Å². The number of hydrogen-bond acceptors (Lipinski definition) is 2. The van der Waals surface area contributed by atoms with E-state index in [1.165, 1.54) is 22.3 Å². The third-order valence-electron chi connectivity index (χ3n) is 6.28. The molecule has 0 fully saturated rings. The Morgan fingerprint density at radius 2 is 1.41 bits per heavy atom. The predicted octanol–water partition coefficient (Wildman–Crippen LogP) is 3.84. The topological polar surface area (TPSA) is 34.9 Å². The van der Waals surface area contributed by atoms with E-state index < -0.39 is 0 Å².